The first-order valence-electron chi connectivity index (χ1n) is 7.33. The summed E-state index contributed by atoms with van der Waals surface area (Å²) in [4.78, 5) is 23.9. The van der Waals surface area contributed by atoms with Crippen molar-refractivity contribution in [2.75, 3.05) is 6.54 Å². The second-order valence-electron chi connectivity index (χ2n) is 6.12. The quantitative estimate of drug-likeness (QED) is 0.593. The van der Waals surface area contributed by atoms with Crippen molar-refractivity contribution >= 4 is 12.0 Å². The maximum absolute atomic E-state index is 12.1. The first-order chi connectivity index (χ1) is 10.3. The fourth-order valence-electron chi connectivity index (χ4n) is 2.27. The molecule has 2 aliphatic rings. The van der Waals surface area contributed by atoms with Gasteiger partial charge in [0.05, 0.1) is 0 Å². The van der Waals surface area contributed by atoms with Crippen LogP contribution in [0.4, 0.5) is 4.79 Å². The van der Waals surface area contributed by atoms with E-state index in [9.17, 15) is 9.59 Å². The summed E-state index contributed by atoms with van der Waals surface area (Å²) in [6.07, 6.45) is 4.17. The summed E-state index contributed by atoms with van der Waals surface area (Å²) in [5, 5.41) is 5.82. The van der Waals surface area contributed by atoms with Gasteiger partial charge >= 0.3 is 141 Å². The van der Waals surface area contributed by atoms with Crippen molar-refractivity contribution in [1.29, 1.82) is 0 Å². The van der Waals surface area contributed by atoms with Gasteiger partial charge in [0, 0.05) is 0 Å². The van der Waals surface area contributed by atoms with Gasteiger partial charge in [0.1, 0.15) is 0 Å². The molecule has 0 aliphatic carbocycles. The van der Waals surface area contributed by atoms with Gasteiger partial charge in [0.15, 0.2) is 0 Å². The van der Waals surface area contributed by atoms with Crippen LogP contribution in [-0.4, -0.2) is 30.2 Å². The molecule has 5 nitrogen and oxygen atoms in total. The van der Waals surface area contributed by atoms with Gasteiger partial charge in [0.25, 0.3) is 0 Å². The summed E-state index contributed by atoms with van der Waals surface area (Å²) in [5.74, 6) is -0.0322. The normalized spacial score (nSPS) is 19.5. The number of ether oxygens (including phenoxy) is 1. The second kappa shape index (κ2) is 6.85. The Morgan fingerprint density at radius 3 is 2.86 bits per heavy atom. The van der Waals surface area contributed by atoms with Crippen LogP contribution in [0, 0.1) is 0 Å². The Bertz CT molecular complexity index is 570. The molecule has 2 heterocycles. The van der Waals surface area contributed by atoms with Gasteiger partial charge in [-0.15, -0.1) is 0 Å². The van der Waals surface area contributed by atoms with Crippen LogP contribution >= 0.6 is 0 Å². The van der Waals surface area contributed by atoms with E-state index in [2.05, 4.69) is 14.7 Å². The van der Waals surface area contributed by atoms with E-state index in [0.717, 1.165) is 17.6 Å². The van der Waals surface area contributed by atoms with E-state index in [0.29, 0.717) is 6.54 Å². The standard InChI is InChI=1S/C16H22IN2O3/c1-5-12(19-15(21)22-16(2,3)4)13-11-9-18-14(20)10(11)7-6-8-17-13/h6-8,12H,5,9H2,1-4H3,(H,18,20)(H,19,21)/q-1/t12-/m1/s1. The molecule has 0 unspecified atom stereocenters. The van der Waals surface area contributed by atoms with E-state index in [-0.39, 0.29) is 33.2 Å². The van der Waals surface area contributed by atoms with Crippen LogP contribution < -0.4 is 31.8 Å². The summed E-state index contributed by atoms with van der Waals surface area (Å²) in [6, 6.07) is -0.0866. The van der Waals surface area contributed by atoms with E-state index >= 15 is 0 Å². The number of hydrogen-bond acceptors (Lipinski definition) is 3. The predicted octanol–water partition coefficient (Wildman–Crippen LogP) is -0.784. The Balaban J connectivity index is 2.21. The molecule has 2 amide bonds. The number of nitrogens with one attached hydrogen (secondary N) is 2. The van der Waals surface area contributed by atoms with E-state index in [1.54, 1.807) is 0 Å². The molecule has 0 bridgehead atoms. The molecule has 0 radical (unpaired) electrons. The summed E-state index contributed by atoms with van der Waals surface area (Å²) >= 11 is -0.360. The molecular formula is C16H22IN2O3-. The Kier molecular flexibility index (Phi) is 5.31. The van der Waals surface area contributed by atoms with Crippen molar-refractivity contribution in [3.05, 3.63) is 31.0 Å². The summed E-state index contributed by atoms with van der Waals surface area (Å²) in [6.45, 7) is 8.11. The molecule has 6 heteroatoms. The fourth-order valence-corrected chi connectivity index (χ4v) is 4.96. The molecule has 2 rings (SSSR count). The average molecular weight is 417 g/mol. The van der Waals surface area contributed by atoms with E-state index in [1.807, 2.05) is 39.8 Å². The van der Waals surface area contributed by atoms with Gasteiger partial charge in [-0.2, -0.15) is 0 Å². The zero-order chi connectivity index (χ0) is 16.3. The molecule has 1 atom stereocenters. The number of carbonyl (C=O) groups is 2. The van der Waals surface area contributed by atoms with Gasteiger partial charge in [-0.05, 0) is 0 Å². The van der Waals surface area contributed by atoms with E-state index < -0.39 is 11.7 Å². The number of allylic oxidation sites excluding steroid dienone is 2. The van der Waals surface area contributed by atoms with Crippen LogP contribution in [0.25, 0.3) is 0 Å². The number of halogens is 1. The molecule has 0 saturated carbocycles. The third-order valence-electron chi connectivity index (χ3n) is 3.21. The second-order valence-corrected chi connectivity index (χ2v) is 8.63. The van der Waals surface area contributed by atoms with Gasteiger partial charge < -0.3 is 0 Å². The van der Waals surface area contributed by atoms with E-state index in [4.69, 9.17) is 4.74 Å². The SMILES string of the molecule is CC[C@@H](NC(=O)OC(C)(C)C)C1=C2CNC(=O)C2=CC=C[I-]1. The van der Waals surface area contributed by atoms with Crippen molar-refractivity contribution in [3.8, 4) is 0 Å². The van der Waals surface area contributed by atoms with Crippen molar-refractivity contribution in [1.82, 2.24) is 10.6 Å². The van der Waals surface area contributed by atoms with Gasteiger partial charge in [-0.3, -0.25) is 0 Å². The monoisotopic (exact) mass is 417 g/mol. The first-order valence-corrected chi connectivity index (χ1v) is 9.65. The van der Waals surface area contributed by atoms with Gasteiger partial charge in [-0.1, -0.05) is 0 Å². The Morgan fingerprint density at radius 2 is 2.23 bits per heavy atom. The van der Waals surface area contributed by atoms with Crippen molar-refractivity contribution < 1.29 is 35.5 Å². The van der Waals surface area contributed by atoms with E-state index in [1.165, 1.54) is 3.58 Å². The summed E-state index contributed by atoms with van der Waals surface area (Å²) < 4.78 is 8.66. The number of hydrogen-bond donors (Lipinski definition) is 2. The molecule has 1 fully saturated rings. The van der Waals surface area contributed by atoms with Crippen LogP contribution in [0.5, 0.6) is 0 Å². The minimum atomic E-state index is -0.519. The average Bonchev–Trinajstić information content (AvgIpc) is 2.65. The van der Waals surface area contributed by atoms with Crippen LogP contribution in [0.1, 0.15) is 34.1 Å². The zero-order valence-electron chi connectivity index (χ0n) is 13.3. The van der Waals surface area contributed by atoms with Gasteiger partial charge in [-0.25, -0.2) is 0 Å². The molecule has 1 saturated heterocycles. The van der Waals surface area contributed by atoms with Crippen LogP contribution in [0.15, 0.2) is 31.0 Å². The Morgan fingerprint density at radius 1 is 1.50 bits per heavy atom. The molecule has 2 aliphatic heterocycles. The molecule has 0 aromatic heterocycles. The van der Waals surface area contributed by atoms with Crippen LogP contribution in [-0.2, 0) is 9.53 Å². The molecule has 0 spiro atoms. The van der Waals surface area contributed by atoms with Crippen LogP contribution in [0.3, 0.4) is 0 Å². The number of fused-ring (bicyclic) bond motifs is 1. The third-order valence-corrected chi connectivity index (χ3v) is 6.05. The van der Waals surface area contributed by atoms with Crippen molar-refractivity contribution in [2.24, 2.45) is 0 Å². The third kappa shape index (κ3) is 4.12. The molecule has 122 valence electrons. The summed E-state index contributed by atoms with van der Waals surface area (Å²) in [5.41, 5.74) is 1.26. The fraction of sp³-hybridized carbons (Fsp3) is 0.500. The molecule has 22 heavy (non-hydrogen) atoms. The van der Waals surface area contributed by atoms with Gasteiger partial charge in [0.2, 0.25) is 0 Å². The number of amides is 2. The first kappa shape index (κ1) is 17.1. The molecule has 2 N–H and O–H groups in total. The number of rotatable bonds is 3. The topological polar surface area (TPSA) is 67.4 Å². The maximum atomic E-state index is 12.1. The van der Waals surface area contributed by atoms with Crippen LogP contribution in [0.2, 0.25) is 0 Å². The Hall–Kier alpha value is -1.31. The zero-order valence-corrected chi connectivity index (χ0v) is 15.5. The minimum absolute atomic E-state index is 0.0322. The van der Waals surface area contributed by atoms with Crippen molar-refractivity contribution in [3.63, 3.8) is 0 Å². The predicted molar refractivity (Wildman–Crippen MR) is 80.7 cm³/mol. The number of alkyl carbamates (subject to hydrolysis) is 1. The Labute approximate surface area is 141 Å². The number of carbonyl (C=O) groups excluding carboxylic acids is 2. The molecule has 0 aromatic carbocycles. The van der Waals surface area contributed by atoms with Crippen molar-refractivity contribution in [2.45, 2.75) is 45.8 Å². The molecular weight excluding hydrogens is 395 g/mol. The summed E-state index contributed by atoms with van der Waals surface area (Å²) in [7, 11) is 0. The molecule has 0 aromatic rings.